The van der Waals surface area contributed by atoms with Gasteiger partial charge in [0.1, 0.15) is 0 Å². The molecular weight excluding hydrogens is 178 g/mol. The van der Waals surface area contributed by atoms with Gasteiger partial charge in [0.05, 0.1) is 5.84 Å². The summed E-state index contributed by atoms with van der Waals surface area (Å²) in [6.07, 6.45) is 2.05. The first-order valence-corrected chi connectivity index (χ1v) is 5.05. The van der Waals surface area contributed by atoms with Crippen LogP contribution in [-0.4, -0.2) is 36.3 Å². The molecule has 0 aliphatic carbocycles. The zero-order chi connectivity index (χ0) is 10.7. The summed E-state index contributed by atoms with van der Waals surface area (Å²) in [5, 5.41) is 0. The van der Waals surface area contributed by atoms with Crippen LogP contribution in [0.2, 0.25) is 0 Å². The molecular formula is C10H19N3O. The number of amidine groups is 1. The van der Waals surface area contributed by atoms with Gasteiger partial charge in [-0.2, -0.15) is 0 Å². The van der Waals surface area contributed by atoms with E-state index < -0.39 is 0 Å². The lowest BCUT2D eigenvalue weighted by molar-refractivity contribution is -0.132. The molecule has 14 heavy (non-hydrogen) atoms. The van der Waals surface area contributed by atoms with E-state index in [0.717, 1.165) is 19.4 Å². The molecule has 4 nitrogen and oxygen atoms in total. The molecule has 2 N–H and O–H groups in total. The van der Waals surface area contributed by atoms with Gasteiger partial charge in [-0.05, 0) is 19.8 Å². The van der Waals surface area contributed by atoms with Crippen LogP contribution in [0.25, 0.3) is 0 Å². The van der Waals surface area contributed by atoms with E-state index in [1.165, 1.54) is 0 Å². The van der Waals surface area contributed by atoms with Gasteiger partial charge in [-0.1, -0.05) is 0 Å². The zero-order valence-electron chi connectivity index (χ0n) is 9.16. The summed E-state index contributed by atoms with van der Waals surface area (Å²) >= 11 is 0. The Kier molecular flexibility index (Phi) is 3.49. The summed E-state index contributed by atoms with van der Waals surface area (Å²) in [7, 11) is 1.70. The SMILES string of the molecule is CN=C(N)[C@@H]1CC[C@H](C)N(C(C)=O)C1. The van der Waals surface area contributed by atoms with Crippen LogP contribution in [0.3, 0.4) is 0 Å². The Morgan fingerprint density at radius 2 is 2.14 bits per heavy atom. The van der Waals surface area contributed by atoms with E-state index >= 15 is 0 Å². The highest BCUT2D eigenvalue weighted by atomic mass is 16.2. The Labute approximate surface area is 85.2 Å². The third kappa shape index (κ3) is 2.25. The maximum absolute atomic E-state index is 11.3. The standard InChI is InChI=1S/C10H19N3O/c1-7-4-5-9(10(11)12-3)6-13(7)8(2)14/h7,9H,4-6H2,1-3H3,(H2,11,12)/t7-,9+/m0/s1. The molecule has 0 aromatic heterocycles. The molecule has 1 aliphatic heterocycles. The minimum atomic E-state index is 0.131. The van der Waals surface area contributed by atoms with Crippen molar-refractivity contribution in [2.24, 2.45) is 16.6 Å². The largest absolute Gasteiger partial charge is 0.387 e. The molecule has 1 fully saturated rings. The van der Waals surface area contributed by atoms with Gasteiger partial charge in [-0.15, -0.1) is 0 Å². The van der Waals surface area contributed by atoms with Gasteiger partial charge >= 0.3 is 0 Å². The van der Waals surface area contributed by atoms with Crippen LogP contribution < -0.4 is 5.73 Å². The van der Waals surface area contributed by atoms with Crippen molar-refractivity contribution in [3.05, 3.63) is 0 Å². The smallest absolute Gasteiger partial charge is 0.219 e. The quantitative estimate of drug-likeness (QED) is 0.495. The molecule has 1 heterocycles. The lowest BCUT2D eigenvalue weighted by Gasteiger charge is -2.37. The Hall–Kier alpha value is -1.06. The van der Waals surface area contributed by atoms with E-state index in [2.05, 4.69) is 11.9 Å². The molecule has 4 heteroatoms. The highest BCUT2D eigenvalue weighted by Gasteiger charge is 2.28. The second-order valence-electron chi connectivity index (χ2n) is 3.94. The molecule has 1 rings (SSSR count). The highest BCUT2D eigenvalue weighted by Crippen LogP contribution is 2.21. The number of hydrogen-bond donors (Lipinski definition) is 1. The number of nitrogens with two attached hydrogens (primary N) is 1. The number of aliphatic imine (C=N–C) groups is 1. The predicted octanol–water partition coefficient (Wildman–Crippen LogP) is 0.620. The molecule has 0 saturated carbocycles. The number of piperidine rings is 1. The fourth-order valence-electron chi connectivity index (χ4n) is 1.97. The molecule has 0 bridgehead atoms. The molecule has 0 radical (unpaired) electrons. The lowest BCUT2D eigenvalue weighted by atomic mass is 9.92. The molecule has 0 unspecified atom stereocenters. The van der Waals surface area contributed by atoms with Crippen LogP contribution in [0, 0.1) is 5.92 Å². The second kappa shape index (κ2) is 4.44. The van der Waals surface area contributed by atoms with Crippen molar-refractivity contribution >= 4 is 11.7 Å². The van der Waals surface area contributed by atoms with Crippen LogP contribution in [-0.2, 0) is 4.79 Å². The molecule has 0 aromatic carbocycles. The van der Waals surface area contributed by atoms with Crippen molar-refractivity contribution in [2.75, 3.05) is 13.6 Å². The fraction of sp³-hybridized carbons (Fsp3) is 0.800. The molecule has 1 aliphatic rings. The van der Waals surface area contributed by atoms with Crippen molar-refractivity contribution in [1.29, 1.82) is 0 Å². The number of carbonyl (C=O) groups is 1. The van der Waals surface area contributed by atoms with E-state index in [-0.39, 0.29) is 11.8 Å². The molecule has 0 spiro atoms. The number of rotatable bonds is 1. The van der Waals surface area contributed by atoms with Gasteiger partial charge in [0, 0.05) is 32.5 Å². The topological polar surface area (TPSA) is 58.7 Å². The van der Waals surface area contributed by atoms with Gasteiger partial charge in [-0.25, -0.2) is 0 Å². The maximum Gasteiger partial charge on any atom is 0.219 e. The van der Waals surface area contributed by atoms with Crippen LogP contribution in [0.15, 0.2) is 4.99 Å². The van der Waals surface area contributed by atoms with Crippen molar-refractivity contribution in [2.45, 2.75) is 32.7 Å². The van der Waals surface area contributed by atoms with Crippen molar-refractivity contribution in [1.82, 2.24) is 4.90 Å². The van der Waals surface area contributed by atoms with Crippen LogP contribution in [0.1, 0.15) is 26.7 Å². The van der Waals surface area contributed by atoms with Crippen molar-refractivity contribution in [3.8, 4) is 0 Å². The highest BCUT2D eigenvalue weighted by molar-refractivity contribution is 5.84. The fourth-order valence-corrected chi connectivity index (χ4v) is 1.97. The third-order valence-electron chi connectivity index (χ3n) is 2.96. The average Bonchev–Trinajstić information content (AvgIpc) is 2.17. The first kappa shape index (κ1) is 11.0. The van der Waals surface area contributed by atoms with E-state index in [4.69, 9.17) is 5.73 Å². The summed E-state index contributed by atoms with van der Waals surface area (Å²) in [5.41, 5.74) is 5.77. The lowest BCUT2D eigenvalue weighted by Crippen LogP contribution is -2.47. The minimum absolute atomic E-state index is 0.131. The average molecular weight is 197 g/mol. The van der Waals surface area contributed by atoms with Crippen LogP contribution in [0.5, 0.6) is 0 Å². The minimum Gasteiger partial charge on any atom is -0.387 e. The summed E-state index contributed by atoms with van der Waals surface area (Å²) < 4.78 is 0. The van der Waals surface area contributed by atoms with Gasteiger partial charge in [0.2, 0.25) is 5.91 Å². The number of carbonyl (C=O) groups excluding carboxylic acids is 1. The third-order valence-corrected chi connectivity index (χ3v) is 2.96. The molecule has 2 atom stereocenters. The van der Waals surface area contributed by atoms with Gasteiger partial charge in [0.15, 0.2) is 0 Å². The predicted molar refractivity (Wildman–Crippen MR) is 57.1 cm³/mol. The van der Waals surface area contributed by atoms with Crippen molar-refractivity contribution in [3.63, 3.8) is 0 Å². The van der Waals surface area contributed by atoms with E-state index in [0.29, 0.717) is 11.9 Å². The van der Waals surface area contributed by atoms with Gasteiger partial charge in [-0.3, -0.25) is 9.79 Å². The monoisotopic (exact) mass is 197 g/mol. The van der Waals surface area contributed by atoms with E-state index in [9.17, 15) is 4.79 Å². The number of nitrogens with zero attached hydrogens (tertiary/aromatic N) is 2. The van der Waals surface area contributed by atoms with Crippen LogP contribution >= 0.6 is 0 Å². The first-order valence-electron chi connectivity index (χ1n) is 5.05. The Morgan fingerprint density at radius 1 is 1.50 bits per heavy atom. The number of likely N-dealkylation sites (tertiary alicyclic amines) is 1. The molecule has 1 amide bonds. The summed E-state index contributed by atoms with van der Waals surface area (Å²) in [6.45, 7) is 4.41. The normalized spacial score (nSPS) is 29.1. The zero-order valence-corrected chi connectivity index (χ0v) is 9.16. The first-order chi connectivity index (χ1) is 6.56. The second-order valence-corrected chi connectivity index (χ2v) is 3.94. The molecule has 80 valence electrons. The van der Waals surface area contributed by atoms with Gasteiger partial charge < -0.3 is 10.6 Å². The Bertz CT molecular complexity index is 250. The van der Waals surface area contributed by atoms with E-state index in [1.54, 1.807) is 14.0 Å². The van der Waals surface area contributed by atoms with Gasteiger partial charge in [0.25, 0.3) is 0 Å². The van der Waals surface area contributed by atoms with E-state index in [1.807, 2.05) is 4.90 Å². The summed E-state index contributed by atoms with van der Waals surface area (Å²) in [6, 6.07) is 0.341. The number of hydrogen-bond acceptors (Lipinski definition) is 2. The summed E-state index contributed by atoms with van der Waals surface area (Å²) in [5.74, 6) is 1.05. The molecule has 0 aromatic rings. The summed E-state index contributed by atoms with van der Waals surface area (Å²) in [4.78, 5) is 17.2. The molecule has 1 saturated heterocycles. The number of amides is 1. The van der Waals surface area contributed by atoms with Crippen LogP contribution in [0.4, 0.5) is 0 Å². The maximum atomic E-state index is 11.3. The van der Waals surface area contributed by atoms with Crippen molar-refractivity contribution < 1.29 is 4.79 Å². The Morgan fingerprint density at radius 3 is 2.64 bits per heavy atom. The Balaban J connectivity index is 2.67.